The Hall–Kier alpha value is -2.83. The summed E-state index contributed by atoms with van der Waals surface area (Å²) in [5.41, 5.74) is 2.19. The van der Waals surface area contributed by atoms with Gasteiger partial charge in [0.1, 0.15) is 5.56 Å². The second-order valence-electron chi connectivity index (χ2n) is 5.78. The minimum Gasteiger partial charge on any atom is -0.478 e. The number of anilines is 1. The number of carboxylic acid groups (broad SMARTS) is 1. The number of carbonyl (C=O) groups excluding carboxylic acids is 1. The summed E-state index contributed by atoms with van der Waals surface area (Å²) in [6.45, 7) is 0.451. The number of thiophene rings is 1. The SMILES string of the molecule is O=C(NCCc1ccccc1)Nc1csc(-c2ccc(Cl)cc2)c1C(=O)O. The Morgan fingerprint density at radius 1 is 1.04 bits per heavy atom. The predicted octanol–water partition coefficient (Wildman–Crippen LogP) is 5.13. The quantitative estimate of drug-likeness (QED) is 0.536. The molecule has 2 amide bonds. The molecule has 0 radical (unpaired) electrons. The summed E-state index contributed by atoms with van der Waals surface area (Å²) < 4.78 is 0. The molecule has 138 valence electrons. The van der Waals surface area contributed by atoms with Crippen LogP contribution >= 0.6 is 22.9 Å². The molecule has 0 aliphatic heterocycles. The molecular weight excluding hydrogens is 384 g/mol. The van der Waals surface area contributed by atoms with E-state index in [2.05, 4.69) is 10.6 Å². The monoisotopic (exact) mass is 400 g/mol. The number of hydrogen-bond donors (Lipinski definition) is 3. The van der Waals surface area contributed by atoms with Crippen LogP contribution in [0.3, 0.4) is 0 Å². The highest BCUT2D eigenvalue weighted by molar-refractivity contribution is 7.14. The summed E-state index contributed by atoms with van der Waals surface area (Å²) in [4.78, 5) is 24.4. The Kier molecular flexibility index (Phi) is 6.11. The highest BCUT2D eigenvalue weighted by Gasteiger charge is 2.21. The summed E-state index contributed by atoms with van der Waals surface area (Å²) >= 11 is 7.15. The van der Waals surface area contributed by atoms with Crippen LogP contribution in [0.1, 0.15) is 15.9 Å². The van der Waals surface area contributed by atoms with Gasteiger partial charge in [0.25, 0.3) is 0 Å². The maximum absolute atomic E-state index is 12.1. The molecule has 0 fully saturated rings. The van der Waals surface area contributed by atoms with Crippen molar-refractivity contribution in [3.63, 3.8) is 0 Å². The van der Waals surface area contributed by atoms with Gasteiger partial charge in [0.05, 0.1) is 10.6 Å². The molecule has 0 aliphatic rings. The molecule has 0 bridgehead atoms. The number of aromatic carboxylic acids is 1. The Morgan fingerprint density at radius 3 is 2.41 bits per heavy atom. The third-order valence-electron chi connectivity index (χ3n) is 3.90. The van der Waals surface area contributed by atoms with Crippen molar-refractivity contribution < 1.29 is 14.7 Å². The van der Waals surface area contributed by atoms with Gasteiger partial charge in [-0.3, -0.25) is 0 Å². The molecule has 27 heavy (non-hydrogen) atoms. The van der Waals surface area contributed by atoms with Crippen molar-refractivity contribution in [3.05, 3.63) is 76.1 Å². The summed E-state index contributed by atoms with van der Waals surface area (Å²) in [6, 6.07) is 16.3. The first-order valence-electron chi connectivity index (χ1n) is 8.24. The molecule has 0 atom stereocenters. The second kappa shape index (κ2) is 8.70. The van der Waals surface area contributed by atoms with Crippen molar-refractivity contribution in [2.24, 2.45) is 0 Å². The molecule has 0 spiro atoms. The molecule has 1 aromatic heterocycles. The smallest absolute Gasteiger partial charge is 0.339 e. The fraction of sp³-hybridized carbons (Fsp3) is 0.100. The lowest BCUT2D eigenvalue weighted by atomic mass is 10.1. The number of halogens is 1. The van der Waals surface area contributed by atoms with Gasteiger partial charge in [-0.2, -0.15) is 0 Å². The highest BCUT2D eigenvalue weighted by atomic mass is 35.5. The Balaban J connectivity index is 1.68. The van der Waals surface area contributed by atoms with Crippen molar-refractivity contribution in [2.75, 3.05) is 11.9 Å². The number of nitrogens with one attached hydrogen (secondary N) is 2. The molecule has 3 aromatic rings. The molecular formula is C20H17ClN2O3S. The standard InChI is InChI=1S/C20H17ClN2O3S/c21-15-8-6-14(7-9-15)18-17(19(24)25)16(12-27-18)23-20(26)22-11-10-13-4-2-1-3-5-13/h1-9,12H,10-11H2,(H,24,25)(H2,22,23,26). The summed E-state index contributed by atoms with van der Waals surface area (Å²) in [7, 11) is 0. The van der Waals surface area contributed by atoms with E-state index in [-0.39, 0.29) is 11.3 Å². The molecule has 7 heteroatoms. The van der Waals surface area contributed by atoms with Crippen LogP contribution in [-0.2, 0) is 6.42 Å². The van der Waals surface area contributed by atoms with Gasteiger partial charge in [-0.1, -0.05) is 54.1 Å². The number of urea groups is 1. The molecule has 0 saturated carbocycles. The van der Waals surface area contributed by atoms with E-state index in [9.17, 15) is 14.7 Å². The normalized spacial score (nSPS) is 10.4. The van der Waals surface area contributed by atoms with E-state index < -0.39 is 12.0 Å². The van der Waals surface area contributed by atoms with Crippen LogP contribution in [0, 0.1) is 0 Å². The summed E-state index contributed by atoms with van der Waals surface area (Å²) in [5.74, 6) is -1.10. The molecule has 1 heterocycles. The average molecular weight is 401 g/mol. The van der Waals surface area contributed by atoms with E-state index in [4.69, 9.17) is 11.6 Å². The second-order valence-corrected chi connectivity index (χ2v) is 7.10. The van der Waals surface area contributed by atoms with E-state index in [1.165, 1.54) is 11.3 Å². The van der Waals surface area contributed by atoms with Crippen LogP contribution in [0.5, 0.6) is 0 Å². The predicted molar refractivity (Wildman–Crippen MR) is 109 cm³/mol. The number of benzene rings is 2. The maximum atomic E-state index is 12.1. The lowest BCUT2D eigenvalue weighted by Gasteiger charge is -2.08. The average Bonchev–Trinajstić information content (AvgIpc) is 3.07. The van der Waals surface area contributed by atoms with Crippen LogP contribution in [-0.4, -0.2) is 23.7 Å². The van der Waals surface area contributed by atoms with Gasteiger partial charge in [-0.05, 0) is 29.7 Å². The molecule has 0 aliphatic carbocycles. The molecule has 0 saturated heterocycles. The van der Waals surface area contributed by atoms with Crippen LogP contribution < -0.4 is 10.6 Å². The lowest BCUT2D eigenvalue weighted by Crippen LogP contribution is -2.30. The Morgan fingerprint density at radius 2 is 1.74 bits per heavy atom. The van der Waals surface area contributed by atoms with Gasteiger partial charge in [0.2, 0.25) is 0 Å². The number of rotatable bonds is 6. The summed E-state index contributed by atoms with van der Waals surface area (Å²) in [5, 5.41) is 17.2. The first kappa shape index (κ1) is 18.9. The Labute approximate surface area is 165 Å². The zero-order valence-corrected chi connectivity index (χ0v) is 15.8. The van der Waals surface area contributed by atoms with Gasteiger partial charge in [-0.15, -0.1) is 11.3 Å². The zero-order chi connectivity index (χ0) is 19.2. The topological polar surface area (TPSA) is 78.4 Å². The number of hydrogen-bond acceptors (Lipinski definition) is 3. The molecule has 3 N–H and O–H groups in total. The van der Waals surface area contributed by atoms with Crippen LogP contribution in [0.25, 0.3) is 10.4 Å². The van der Waals surface area contributed by atoms with Crippen LogP contribution in [0.15, 0.2) is 60.0 Å². The van der Waals surface area contributed by atoms with E-state index >= 15 is 0 Å². The van der Waals surface area contributed by atoms with E-state index in [0.29, 0.717) is 22.9 Å². The van der Waals surface area contributed by atoms with E-state index in [1.807, 2.05) is 30.3 Å². The first-order chi connectivity index (χ1) is 13.0. The first-order valence-corrected chi connectivity index (χ1v) is 9.50. The van der Waals surface area contributed by atoms with Crippen molar-refractivity contribution in [2.45, 2.75) is 6.42 Å². The number of carbonyl (C=O) groups is 2. The maximum Gasteiger partial charge on any atom is 0.339 e. The van der Waals surface area contributed by atoms with E-state index in [1.54, 1.807) is 29.6 Å². The third kappa shape index (κ3) is 4.87. The fourth-order valence-corrected chi connectivity index (χ4v) is 3.73. The molecule has 0 unspecified atom stereocenters. The summed E-state index contributed by atoms with van der Waals surface area (Å²) in [6.07, 6.45) is 0.694. The third-order valence-corrected chi connectivity index (χ3v) is 5.18. The minimum atomic E-state index is -1.10. The van der Waals surface area contributed by atoms with E-state index in [0.717, 1.165) is 11.1 Å². The van der Waals surface area contributed by atoms with Crippen LogP contribution in [0.2, 0.25) is 5.02 Å². The lowest BCUT2D eigenvalue weighted by molar-refractivity contribution is 0.0699. The van der Waals surface area contributed by atoms with Gasteiger partial charge in [0.15, 0.2) is 0 Å². The minimum absolute atomic E-state index is 0.0699. The molecule has 2 aromatic carbocycles. The van der Waals surface area contributed by atoms with Gasteiger partial charge >= 0.3 is 12.0 Å². The van der Waals surface area contributed by atoms with Gasteiger partial charge in [0, 0.05) is 16.9 Å². The molecule has 5 nitrogen and oxygen atoms in total. The zero-order valence-electron chi connectivity index (χ0n) is 14.2. The number of carboxylic acids is 1. The van der Waals surface area contributed by atoms with Crippen molar-refractivity contribution in [1.82, 2.24) is 5.32 Å². The molecule has 3 rings (SSSR count). The van der Waals surface area contributed by atoms with Crippen molar-refractivity contribution in [3.8, 4) is 10.4 Å². The van der Waals surface area contributed by atoms with Gasteiger partial charge in [-0.25, -0.2) is 9.59 Å². The Bertz CT molecular complexity index is 940. The van der Waals surface area contributed by atoms with Crippen molar-refractivity contribution >= 4 is 40.6 Å². The number of amides is 2. The van der Waals surface area contributed by atoms with Gasteiger partial charge < -0.3 is 15.7 Å². The van der Waals surface area contributed by atoms with Crippen molar-refractivity contribution in [1.29, 1.82) is 0 Å². The fourth-order valence-electron chi connectivity index (χ4n) is 2.61. The highest BCUT2D eigenvalue weighted by Crippen LogP contribution is 2.36. The van der Waals surface area contributed by atoms with Crippen LogP contribution in [0.4, 0.5) is 10.5 Å². The largest absolute Gasteiger partial charge is 0.478 e.